The maximum atomic E-state index is 12.6. The summed E-state index contributed by atoms with van der Waals surface area (Å²) in [7, 11) is 0. The molecule has 3 heterocycles. The number of anilines is 1. The monoisotopic (exact) mass is 345 g/mol. The van der Waals surface area contributed by atoms with Gasteiger partial charge in [0.15, 0.2) is 11.2 Å². The second kappa shape index (κ2) is 6.65. The number of rotatable bonds is 6. The molecule has 6 N–H and O–H groups in total. The number of nitrogens with zero attached hydrogens (tertiary/aromatic N) is 4. The molecule has 0 bridgehead atoms. The number of nitrogens with one attached hydrogen (secondary N) is 4. The molecule has 0 saturated heterocycles. The predicted molar refractivity (Wildman–Crippen MR) is 95.5 cm³/mol. The van der Waals surface area contributed by atoms with Crippen molar-refractivity contribution in [1.82, 2.24) is 24.3 Å². The summed E-state index contributed by atoms with van der Waals surface area (Å²) < 4.78 is 2.19. The maximum absolute atomic E-state index is 12.6. The molecule has 132 valence electrons. The highest BCUT2D eigenvalue weighted by Crippen LogP contribution is 2.18. The summed E-state index contributed by atoms with van der Waals surface area (Å²) in [5.41, 5.74) is 8.14. The van der Waals surface area contributed by atoms with Crippen molar-refractivity contribution in [2.24, 2.45) is 5.84 Å². The first-order valence-corrected chi connectivity index (χ1v) is 7.79. The first-order valence-electron chi connectivity index (χ1n) is 7.79. The van der Waals surface area contributed by atoms with E-state index in [1.54, 1.807) is 25.3 Å². The predicted octanol–water partition coefficient (Wildman–Crippen LogP) is -0.639. The minimum Gasteiger partial charge on any atom is -0.332 e. The van der Waals surface area contributed by atoms with Crippen LogP contribution >= 0.6 is 0 Å². The van der Waals surface area contributed by atoms with Crippen LogP contribution in [0.2, 0.25) is 0 Å². The summed E-state index contributed by atoms with van der Waals surface area (Å²) >= 11 is 0. The average Bonchev–Trinajstić information content (AvgIpc) is 3.08. The molecule has 0 aliphatic heterocycles. The van der Waals surface area contributed by atoms with Gasteiger partial charge in [-0.2, -0.15) is 9.35 Å². The molecule has 0 aliphatic carbocycles. The van der Waals surface area contributed by atoms with Crippen LogP contribution in [0.3, 0.4) is 0 Å². The van der Waals surface area contributed by atoms with Gasteiger partial charge in [-0.25, -0.2) is 20.6 Å². The number of imidazole rings is 1. The van der Waals surface area contributed by atoms with Crippen molar-refractivity contribution >= 4 is 17.0 Å². The van der Waals surface area contributed by atoms with E-state index in [1.165, 1.54) is 4.68 Å². The number of hydrazine groups is 1. The summed E-state index contributed by atoms with van der Waals surface area (Å²) in [6.07, 6.45) is 1.56. The molecule has 3 aromatic heterocycles. The molecular weight excluding hydrogens is 326 g/mol. The molecule has 0 aliphatic rings. The van der Waals surface area contributed by atoms with E-state index in [0.29, 0.717) is 30.3 Å². The van der Waals surface area contributed by atoms with Gasteiger partial charge in [0.1, 0.15) is 11.6 Å². The van der Waals surface area contributed by atoms with E-state index in [1.807, 2.05) is 6.92 Å². The van der Waals surface area contributed by atoms with Crippen LogP contribution in [0.25, 0.3) is 22.6 Å². The zero-order valence-corrected chi connectivity index (χ0v) is 13.8. The molecule has 0 radical (unpaired) electrons. The Bertz CT molecular complexity index is 1000. The lowest BCUT2D eigenvalue weighted by Crippen LogP contribution is -2.47. The fraction of sp³-hybridized carbons (Fsp3) is 0.286. The number of fused-ring (bicyclic) bond motifs is 1. The minimum atomic E-state index is -0.542. The van der Waals surface area contributed by atoms with Crippen LogP contribution in [0.15, 0.2) is 27.9 Å². The second-order valence-electron chi connectivity index (χ2n) is 5.14. The quantitative estimate of drug-likeness (QED) is 0.293. The molecule has 11 heteroatoms. The summed E-state index contributed by atoms with van der Waals surface area (Å²) in [5.74, 6) is 6.22. The number of nitrogen functional groups attached to an aromatic ring is 1. The lowest BCUT2D eigenvalue weighted by molar-refractivity contribution is 0.694. The van der Waals surface area contributed by atoms with Crippen molar-refractivity contribution in [3.8, 4) is 11.4 Å². The Morgan fingerprint density at radius 1 is 1.16 bits per heavy atom. The largest absolute Gasteiger partial charge is 0.370 e. The van der Waals surface area contributed by atoms with Gasteiger partial charge in [-0.05, 0) is 26.0 Å². The molecular formula is C14H19N9O2. The molecule has 0 spiro atoms. The molecule has 3 rings (SSSR count). The Kier molecular flexibility index (Phi) is 4.39. The Morgan fingerprint density at radius 2 is 1.88 bits per heavy atom. The van der Waals surface area contributed by atoms with Gasteiger partial charge < -0.3 is 21.3 Å². The molecule has 0 unspecified atom stereocenters. The number of nitrogens with two attached hydrogens (primary N) is 1. The van der Waals surface area contributed by atoms with Crippen LogP contribution in [-0.2, 0) is 0 Å². The number of aromatic nitrogens is 5. The first kappa shape index (κ1) is 16.5. The Labute approximate surface area is 141 Å². The fourth-order valence-electron chi connectivity index (χ4n) is 2.42. The van der Waals surface area contributed by atoms with Gasteiger partial charge in [0.25, 0.3) is 0 Å². The normalized spacial score (nSPS) is 10.8. The summed E-state index contributed by atoms with van der Waals surface area (Å²) in [5, 5.41) is 0. The summed E-state index contributed by atoms with van der Waals surface area (Å²) in [6.45, 7) is 4.55. The zero-order valence-electron chi connectivity index (χ0n) is 13.8. The first-order chi connectivity index (χ1) is 12.1. The van der Waals surface area contributed by atoms with Gasteiger partial charge in [-0.3, -0.25) is 4.79 Å². The third-order valence-electron chi connectivity index (χ3n) is 3.51. The Balaban J connectivity index is 2.24. The number of pyridine rings is 1. The Hall–Kier alpha value is -3.34. The standard InChI is InChI=1S/C14H19N9O2/c1-3-17-22-12-10(13(24)23(14(22)25)18-4-2)19-11(20-12)8-5-6-9(21-15)16-7-8/h5-7,17-18H,3-4,15H2,1-2H3,(H,16,21)(H,19,20). The topological polar surface area (TPSA) is 148 Å². The van der Waals surface area contributed by atoms with Gasteiger partial charge in [0.05, 0.1) is 0 Å². The van der Waals surface area contributed by atoms with Crippen LogP contribution in [0.4, 0.5) is 5.82 Å². The Morgan fingerprint density at radius 3 is 2.48 bits per heavy atom. The second-order valence-corrected chi connectivity index (χ2v) is 5.14. The van der Waals surface area contributed by atoms with E-state index in [9.17, 15) is 9.59 Å². The zero-order chi connectivity index (χ0) is 18.0. The third-order valence-corrected chi connectivity index (χ3v) is 3.51. The summed E-state index contributed by atoms with van der Waals surface area (Å²) in [6, 6.07) is 3.43. The van der Waals surface area contributed by atoms with Gasteiger partial charge in [0.2, 0.25) is 0 Å². The maximum Gasteiger partial charge on any atom is 0.370 e. The highest BCUT2D eigenvalue weighted by Gasteiger charge is 2.17. The smallest absolute Gasteiger partial charge is 0.332 e. The van der Waals surface area contributed by atoms with Crippen LogP contribution in [0.1, 0.15) is 13.8 Å². The van der Waals surface area contributed by atoms with E-state index in [2.05, 4.69) is 31.2 Å². The van der Waals surface area contributed by atoms with E-state index in [0.717, 1.165) is 4.68 Å². The molecule has 0 atom stereocenters. The van der Waals surface area contributed by atoms with Crippen molar-refractivity contribution in [2.75, 3.05) is 29.4 Å². The fourth-order valence-corrected chi connectivity index (χ4v) is 2.42. The third kappa shape index (κ3) is 2.80. The van der Waals surface area contributed by atoms with Crippen molar-refractivity contribution in [1.29, 1.82) is 0 Å². The summed E-state index contributed by atoms with van der Waals surface area (Å²) in [4.78, 5) is 36.6. The van der Waals surface area contributed by atoms with E-state index >= 15 is 0 Å². The van der Waals surface area contributed by atoms with Crippen LogP contribution in [-0.4, -0.2) is 37.4 Å². The molecule has 0 amide bonds. The van der Waals surface area contributed by atoms with Gasteiger partial charge >= 0.3 is 11.2 Å². The van der Waals surface area contributed by atoms with E-state index in [-0.39, 0.29) is 11.2 Å². The lowest BCUT2D eigenvalue weighted by atomic mass is 10.3. The number of hydrogen-bond acceptors (Lipinski definition) is 8. The van der Waals surface area contributed by atoms with E-state index < -0.39 is 11.2 Å². The number of H-pyrrole nitrogens is 1. The number of hydrogen-bond donors (Lipinski definition) is 5. The van der Waals surface area contributed by atoms with Crippen LogP contribution < -0.4 is 33.4 Å². The minimum absolute atomic E-state index is 0.206. The molecule has 0 aromatic carbocycles. The van der Waals surface area contributed by atoms with E-state index in [4.69, 9.17) is 5.84 Å². The van der Waals surface area contributed by atoms with Crippen molar-refractivity contribution in [3.63, 3.8) is 0 Å². The van der Waals surface area contributed by atoms with Crippen molar-refractivity contribution in [3.05, 3.63) is 39.2 Å². The van der Waals surface area contributed by atoms with Gasteiger partial charge in [-0.15, -0.1) is 0 Å². The number of aromatic amines is 1. The molecule has 0 saturated carbocycles. The molecule has 0 fully saturated rings. The highest BCUT2D eigenvalue weighted by atomic mass is 16.2. The molecule has 3 aromatic rings. The van der Waals surface area contributed by atoms with Crippen molar-refractivity contribution < 1.29 is 0 Å². The lowest BCUT2D eigenvalue weighted by Gasteiger charge is -2.11. The van der Waals surface area contributed by atoms with Crippen molar-refractivity contribution in [2.45, 2.75) is 13.8 Å². The molecule has 11 nitrogen and oxygen atoms in total. The van der Waals surface area contributed by atoms with Gasteiger partial charge in [-0.1, -0.05) is 0 Å². The van der Waals surface area contributed by atoms with Gasteiger partial charge in [0, 0.05) is 24.8 Å². The highest BCUT2D eigenvalue weighted by molar-refractivity contribution is 5.75. The average molecular weight is 345 g/mol. The SMILES string of the molecule is CCNn1c(=O)c2[nH]c(-c3ccc(NN)nc3)nc2n(NCC)c1=O. The van der Waals surface area contributed by atoms with Crippen LogP contribution in [0.5, 0.6) is 0 Å². The molecule has 25 heavy (non-hydrogen) atoms. The van der Waals surface area contributed by atoms with Crippen LogP contribution in [0, 0.1) is 0 Å².